The molecule has 0 fully saturated rings. The molecule has 2 heterocycles. The molecule has 1 unspecified atom stereocenters. The summed E-state index contributed by atoms with van der Waals surface area (Å²) in [5, 5.41) is 11.8. The van der Waals surface area contributed by atoms with E-state index in [9.17, 15) is 9.59 Å². The lowest BCUT2D eigenvalue weighted by molar-refractivity contribution is -0.118. The van der Waals surface area contributed by atoms with E-state index >= 15 is 0 Å². The Morgan fingerprint density at radius 2 is 1.82 bits per heavy atom. The Morgan fingerprint density at radius 3 is 2.59 bits per heavy atom. The first-order chi connectivity index (χ1) is 16.5. The standard InChI is InChI=1S/C26H22N4O3S/c1-16-8-11-20(12-9-16)30-25(18-6-4-3-5-7-18)28-29-26(30)34-17(2)24(32)19-10-13-22-21(14-19)27-23(31)15-33-22/h3-14,17H,15H2,1-2H3,(H,27,31). The molecular weight excluding hydrogens is 448 g/mol. The number of rotatable bonds is 6. The quantitative estimate of drug-likeness (QED) is 0.317. The molecule has 1 atom stereocenters. The monoisotopic (exact) mass is 470 g/mol. The summed E-state index contributed by atoms with van der Waals surface area (Å²) in [4.78, 5) is 24.9. The van der Waals surface area contributed by atoms with Crippen LogP contribution < -0.4 is 10.1 Å². The van der Waals surface area contributed by atoms with Gasteiger partial charge in [0.2, 0.25) is 0 Å². The highest BCUT2D eigenvalue weighted by Crippen LogP contribution is 2.33. The van der Waals surface area contributed by atoms with Crippen molar-refractivity contribution >= 4 is 29.1 Å². The predicted octanol–water partition coefficient (Wildman–Crippen LogP) is 4.94. The van der Waals surface area contributed by atoms with E-state index in [4.69, 9.17) is 4.74 Å². The van der Waals surface area contributed by atoms with Crippen LogP contribution in [0.25, 0.3) is 17.1 Å². The molecule has 1 amide bonds. The largest absolute Gasteiger partial charge is 0.482 e. The number of anilines is 1. The van der Waals surface area contributed by atoms with Crippen LogP contribution in [-0.4, -0.2) is 38.3 Å². The van der Waals surface area contributed by atoms with Crippen molar-refractivity contribution in [3.05, 3.63) is 83.9 Å². The number of nitrogens with zero attached hydrogens (tertiary/aromatic N) is 3. The summed E-state index contributed by atoms with van der Waals surface area (Å²) in [5.74, 6) is 0.954. The van der Waals surface area contributed by atoms with Gasteiger partial charge in [0.25, 0.3) is 5.91 Å². The van der Waals surface area contributed by atoms with E-state index in [-0.39, 0.29) is 18.3 Å². The average Bonchev–Trinajstić information content (AvgIpc) is 3.27. The van der Waals surface area contributed by atoms with Crippen molar-refractivity contribution in [3.8, 4) is 22.8 Å². The summed E-state index contributed by atoms with van der Waals surface area (Å²) in [7, 11) is 0. The number of carbonyl (C=O) groups is 2. The molecule has 1 N–H and O–H groups in total. The lowest BCUT2D eigenvalue weighted by atomic mass is 10.1. The molecule has 4 aromatic rings. The Balaban J connectivity index is 1.47. The van der Waals surface area contributed by atoms with Gasteiger partial charge in [0.1, 0.15) is 5.75 Å². The molecule has 5 rings (SSSR count). The van der Waals surface area contributed by atoms with Crippen molar-refractivity contribution < 1.29 is 14.3 Å². The van der Waals surface area contributed by atoms with Crippen molar-refractivity contribution in [2.75, 3.05) is 11.9 Å². The number of ketones is 1. The van der Waals surface area contributed by atoms with E-state index in [0.717, 1.165) is 16.8 Å². The van der Waals surface area contributed by atoms with Gasteiger partial charge in [-0.2, -0.15) is 0 Å². The zero-order valence-corrected chi connectivity index (χ0v) is 19.5. The van der Waals surface area contributed by atoms with E-state index in [1.807, 2.05) is 73.0 Å². The zero-order valence-electron chi connectivity index (χ0n) is 18.7. The molecule has 0 radical (unpaired) electrons. The zero-order chi connectivity index (χ0) is 23.7. The summed E-state index contributed by atoms with van der Waals surface area (Å²) >= 11 is 1.35. The molecule has 1 aliphatic rings. The highest BCUT2D eigenvalue weighted by atomic mass is 32.2. The summed E-state index contributed by atoms with van der Waals surface area (Å²) in [5.41, 5.74) is 4.01. The maximum atomic E-state index is 13.3. The minimum atomic E-state index is -0.435. The van der Waals surface area contributed by atoms with Gasteiger partial charge in [-0.15, -0.1) is 10.2 Å². The number of benzene rings is 3. The van der Waals surface area contributed by atoms with E-state index < -0.39 is 5.25 Å². The molecule has 0 spiro atoms. The molecule has 7 nitrogen and oxygen atoms in total. The first-order valence-electron chi connectivity index (χ1n) is 10.8. The maximum absolute atomic E-state index is 13.3. The topological polar surface area (TPSA) is 86.1 Å². The second-order valence-electron chi connectivity index (χ2n) is 8.02. The van der Waals surface area contributed by atoms with E-state index in [2.05, 4.69) is 15.5 Å². The van der Waals surface area contributed by atoms with Gasteiger partial charge in [0, 0.05) is 16.8 Å². The van der Waals surface area contributed by atoms with Crippen molar-refractivity contribution in [1.29, 1.82) is 0 Å². The molecule has 1 aliphatic heterocycles. The summed E-state index contributed by atoms with van der Waals surface area (Å²) < 4.78 is 7.37. The third-order valence-corrected chi connectivity index (χ3v) is 6.55. The number of aryl methyl sites for hydroxylation is 1. The minimum absolute atomic E-state index is 0.0229. The number of Topliss-reactive ketones (excluding diaryl/α,β-unsaturated/α-hetero) is 1. The minimum Gasteiger partial charge on any atom is -0.482 e. The average molecular weight is 471 g/mol. The molecule has 0 aliphatic carbocycles. The van der Waals surface area contributed by atoms with Crippen LogP contribution in [0.1, 0.15) is 22.8 Å². The van der Waals surface area contributed by atoms with Crippen LogP contribution in [0.4, 0.5) is 5.69 Å². The molecule has 0 bridgehead atoms. The fourth-order valence-corrected chi connectivity index (χ4v) is 4.67. The van der Waals surface area contributed by atoms with Crippen molar-refractivity contribution in [1.82, 2.24) is 14.8 Å². The normalized spacial score (nSPS) is 13.5. The second kappa shape index (κ2) is 9.15. The first kappa shape index (κ1) is 21.9. The van der Waals surface area contributed by atoms with Gasteiger partial charge in [-0.25, -0.2) is 0 Å². The van der Waals surface area contributed by atoms with Crippen molar-refractivity contribution in [3.63, 3.8) is 0 Å². The van der Waals surface area contributed by atoms with E-state index in [1.165, 1.54) is 11.8 Å². The Bertz CT molecular complexity index is 1370. The van der Waals surface area contributed by atoms with Gasteiger partial charge in [0.15, 0.2) is 23.4 Å². The smallest absolute Gasteiger partial charge is 0.262 e. The van der Waals surface area contributed by atoms with Gasteiger partial charge < -0.3 is 10.1 Å². The molecule has 170 valence electrons. The number of amides is 1. The lowest BCUT2D eigenvalue weighted by Crippen LogP contribution is -2.25. The fraction of sp³-hybridized carbons (Fsp3) is 0.154. The Labute approximate surface area is 201 Å². The predicted molar refractivity (Wildman–Crippen MR) is 132 cm³/mol. The van der Waals surface area contributed by atoms with Crippen molar-refractivity contribution in [2.45, 2.75) is 24.3 Å². The fourth-order valence-electron chi connectivity index (χ4n) is 3.73. The van der Waals surface area contributed by atoms with Gasteiger partial charge in [-0.1, -0.05) is 59.8 Å². The van der Waals surface area contributed by atoms with Crippen LogP contribution in [0.15, 0.2) is 78.0 Å². The number of fused-ring (bicyclic) bond motifs is 1. The van der Waals surface area contributed by atoms with Gasteiger partial charge in [-0.3, -0.25) is 14.2 Å². The molecule has 8 heteroatoms. The lowest BCUT2D eigenvalue weighted by Gasteiger charge is -2.19. The Morgan fingerprint density at radius 1 is 1.06 bits per heavy atom. The number of aromatic nitrogens is 3. The highest BCUT2D eigenvalue weighted by Gasteiger charge is 2.24. The first-order valence-corrected chi connectivity index (χ1v) is 11.7. The summed E-state index contributed by atoms with van der Waals surface area (Å²) in [6, 6.07) is 23.1. The molecule has 0 saturated carbocycles. The molecular formula is C26H22N4O3S. The SMILES string of the molecule is Cc1ccc(-n2c(SC(C)C(=O)c3ccc4c(c3)NC(=O)CO4)nnc2-c2ccccc2)cc1. The second-order valence-corrected chi connectivity index (χ2v) is 9.32. The van der Waals surface area contributed by atoms with Gasteiger partial charge in [-0.05, 0) is 44.2 Å². The number of ether oxygens (including phenoxy) is 1. The van der Waals surface area contributed by atoms with Gasteiger partial charge in [0.05, 0.1) is 10.9 Å². The summed E-state index contributed by atoms with van der Waals surface area (Å²) in [6.07, 6.45) is 0. The number of nitrogens with one attached hydrogen (secondary N) is 1. The molecule has 1 aromatic heterocycles. The number of thioether (sulfide) groups is 1. The maximum Gasteiger partial charge on any atom is 0.262 e. The summed E-state index contributed by atoms with van der Waals surface area (Å²) in [6.45, 7) is 3.86. The van der Waals surface area contributed by atoms with Crippen LogP contribution in [0.5, 0.6) is 5.75 Å². The Hall–Kier alpha value is -3.91. The van der Waals surface area contributed by atoms with E-state index in [0.29, 0.717) is 28.0 Å². The van der Waals surface area contributed by atoms with E-state index in [1.54, 1.807) is 18.2 Å². The van der Waals surface area contributed by atoms with Crippen LogP contribution in [0.2, 0.25) is 0 Å². The van der Waals surface area contributed by atoms with Crippen LogP contribution in [0.3, 0.4) is 0 Å². The number of hydrogen-bond donors (Lipinski definition) is 1. The van der Waals surface area contributed by atoms with Crippen molar-refractivity contribution in [2.24, 2.45) is 0 Å². The third kappa shape index (κ3) is 4.32. The Kier molecular flexibility index (Phi) is 5.90. The number of hydrogen-bond acceptors (Lipinski definition) is 6. The highest BCUT2D eigenvalue weighted by molar-refractivity contribution is 8.00. The molecule has 3 aromatic carbocycles. The van der Waals surface area contributed by atoms with Crippen LogP contribution >= 0.6 is 11.8 Å². The molecule has 0 saturated heterocycles. The van der Waals surface area contributed by atoms with Gasteiger partial charge >= 0.3 is 0 Å². The van der Waals surface area contributed by atoms with Crippen LogP contribution in [0, 0.1) is 6.92 Å². The third-order valence-electron chi connectivity index (χ3n) is 5.51. The van der Waals surface area contributed by atoms with Crippen LogP contribution in [-0.2, 0) is 4.79 Å². The molecule has 34 heavy (non-hydrogen) atoms. The number of carbonyl (C=O) groups excluding carboxylic acids is 2.